The number of hydrogen-bond acceptors (Lipinski definition) is 3. The molecule has 0 saturated carbocycles. The van der Waals surface area contributed by atoms with Crippen LogP contribution in [0.1, 0.15) is 22.6 Å². The fraction of sp³-hybridized carbons (Fsp3) is 0.231. The van der Waals surface area contributed by atoms with Crippen molar-refractivity contribution in [2.75, 3.05) is 5.73 Å². The first kappa shape index (κ1) is 11.9. The summed E-state index contributed by atoms with van der Waals surface area (Å²) in [6.45, 7) is 3.86. The van der Waals surface area contributed by atoms with E-state index >= 15 is 0 Å². The molecule has 88 valence electrons. The monoisotopic (exact) mass is 247 g/mol. The largest absolute Gasteiger partial charge is 0.383 e. The SMILES string of the molecule is Cc1nc(Cc2cccc(Cl)c2)nc(N)c1C. The van der Waals surface area contributed by atoms with Gasteiger partial charge in [0.05, 0.1) is 0 Å². The summed E-state index contributed by atoms with van der Waals surface area (Å²) in [4.78, 5) is 8.71. The quantitative estimate of drug-likeness (QED) is 0.888. The molecule has 0 aliphatic rings. The lowest BCUT2D eigenvalue weighted by molar-refractivity contribution is 0.934. The van der Waals surface area contributed by atoms with Crippen LogP contribution in [-0.4, -0.2) is 9.97 Å². The molecule has 0 bridgehead atoms. The van der Waals surface area contributed by atoms with Crippen LogP contribution < -0.4 is 5.73 Å². The molecule has 2 N–H and O–H groups in total. The molecular formula is C13H14ClN3. The Balaban J connectivity index is 2.31. The number of rotatable bonds is 2. The van der Waals surface area contributed by atoms with Gasteiger partial charge in [-0.05, 0) is 31.5 Å². The highest BCUT2D eigenvalue weighted by Gasteiger charge is 2.06. The van der Waals surface area contributed by atoms with Crippen LogP contribution in [0, 0.1) is 13.8 Å². The molecule has 3 nitrogen and oxygen atoms in total. The summed E-state index contributed by atoms with van der Waals surface area (Å²) >= 11 is 5.93. The molecule has 0 aliphatic carbocycles. The summed E-state index contributed by atoms with van der Waals surface area (Å²) in [7, 11) is 0. The summed E-state index contributed by atoms with van der Waals surface area (Å²) in [5, 5.41) is 0.722. The van der Waals surface area contributed by atoms with Gasteiger partial charge in [-0.3, -0.25) is 0 Å². The van der Waals surface area contributed by atoms with Crippen LogP contribution in [0.25, 0.3) is 0 Å². The van der Waals surface area contributed by atoms with Crippen LogP contribution in [0.5, 0.6) is 0 Å². The Hall–Kier alpha value is -1.61. The number of nitrogens with zero attached hydrogens (tertiary/aromatic N) is 2. The van der Waals surface area contributed by atoms with Crippen molar-refractivity contribution in [2.45, 2.75) is 20.3 Å². The summed E-state index contributed by atoms with van der Waals surface area (Å²) in [5.41, 5.74) is 8.78. The summed E-state index contributed by atoms with van der Waals surface area (Å²) < 4.78 is 0. The molecule has 0 saturated heterocycles. The normalized spacial score (nSPS) is 10.5. The molecule has 0 amide bonds. The Morgan fingerprint density at radius 3 is 2.65 bits per heavy atom. The van der Waals surface area contributed by atoms with Crippen LogP contribution in [0.15, 0.2) is 24.3 Å². The first-order valence-electron chi connectivity index (χ1n) is 5.40. The number of aromatic nitrogens is 2. The molecule has 2 rings (SSSR count). The number of hydrogen-bond donors (Lipinski definition) is 1. The van der Waals surface area contributed by atoms with E-state index in [0.717, 1.165) is 27.7 Å². The van der Waals surface area contributed by atoms with Crippen molar-refractivity contribution in [3.8, 4) is 0 Å². The number of benzene rings is 1. The molecule has 1 heterocycles. The molecule has 4 heteroatoms. The van der Waals surface area contributed by atoms with E-state index in [9.17, 15) is 0 Å². The van der Waals surface area contributed by atoms with Crippen LogP contribution in [-0.2, 0) is 6.42 Å². The van der Waals surface area contributed by atoms with E-state index in [2.05, 4.69) is 9.97 Å². The predicted molar refractivity (Wildman–Crippen MR) is 70.2 cm³/mol. The van der Waals surface area contributed by atoms with Gasteiger partial charge in [0.1, 0.15) is 11.6 Å². The zero-order valence-corrected chi connectivity index (χ0v) is 10.6. The van der Waals surface area contributed by atoms with E-state index in [1.54, 1.807) is 0 Å². The van der Waals surface area contributed by atoms with Gasteiger partial charge in [-0.15, -0.1) is 0 Å². The Morgan fingerprint density at radius 2 is 2.00 bits per heavy atom. The fourth-order valence-corrected chi connectivity index (χ4v) is 1.83. The maximum atomic E-state index is 5.93. The lowest BCUT2D eigenvalue weighted by atomic mass is 10.1. The summed E-state index contributed by atoms with van der Waals surface area (Å²) in [5.74, 6) is 1.28. The minimum atomic E-state index is 0.550. The third kappa shape index (κ3) is 2.74. The van der Waals surface area contributed by atoms with Crippen molar-refractivity contribution in [3.63, 3.8) is 0 Å². The van der Waals surface area contributed by atoms with E-state index in [1.807, 2.05) is 38.1 Å². The van der Waals surface area contributed by atoms with Crippen molar-refractivity contribution in [1.82, 2.24) is 9.97 Å². The molecular weight excluding hydrogens is 234 g/mol. The zero-order valence-electron chi connectivity index (χ0n) is 9.87. The van der Waals surface area contributed by atoms with Crippen LogP contribution in [0.2, 0.25) is 5.02 Å². The van der Waals surface area contributed by atoms with E-state index < -0.39 is 0 Å². The number of halogens is 1. The minimum absolute atomic E-state index is 0.550. The van der Waals surface area contributed by atoms with E-state index in [1.165, 1.54) is 0 Å². The van der Waals surface area contributed by atoms with E-state index in [0.29, 0.717) is 12.2 Å². The second kappa shape index (κ2) is 4.72. The smallest absolute Gasteiger partial charge is 0.135 e. The van der Waals surface area contributed by atoms with Crippen molar-refractivity contribution in [3.05, 3.63) is 51.9 Å². The van der Waals surface area contributed by atoms with Gasteiger partial charge in [0.15, 0.2) is 0 Å². The van der Waals surface area contributed by atoms with Crippen LogP contribution >= 0.6 is 11.6 Å². The second-order valence-corrected chi connectivity index (χ2v) is 4.48. The van der Waals surface area contributed by atoms with Crippen LogP contribution in [0.4, 0.5) is 5.82 Å². The van der Waals surface area contributed by atoms with Gasteiger partial charge in [-0.25, -0.2) is 9.97 Å². The first-order chi connectivity index (χ1) is 8.06. The first-order valence-corrected chi connectivity index (χ1v) is 5.78. The molecule has 2 aromatic rings. The minimum Gasteiger partial charge on any atom is -0.383 e. The molecule has 0 unspecified atom stereocenters. The highest BCUT2D eigenvalue weighted by molar-refractivity contribution is 6.30. The highest BCUT2D eigenvalue weighted by atomic mass is 35.5. The Bertz CT molecular complexity index is 529. The zero-order chi connectivity index (χ0) is 12.4. The molecule has 1 aromatic carbocycles. The van der Waals surface area contributed by atoms with Gasteiger partial charge >= 0.3 is 0 Å². The number of nitrogen functional groups attached to an aromatic ring is 1. The second-order valence-electron chi connectivity index (χ2n) is 4.04. The molecule has 0 spiro atoms. The van der Waals surface area contributed by atoms with E-state index in [4.69, 9.17) is 17.3 Å². The standard InChI is InChI=1S/C13H14ClN3/c1-8-9(2)16-12(17-13(8)15)7-10-4-3-5-11(14)6-10/h3-6H,7H2,1-2H3,(H2,15,16,17). The maximum absolute atomic E-state index is 5.93. The van der Waals surface area contributed by atoms with Gasteiger partial charge in [-0.2, -0.15) is 0 Å². The number of nitrogens with two attached hydrogens (primary N) is 1. The predicted octanol–water partition coefficient (Wildman–Crippen LogP) is 2.92. The average molecular weight is 248 g/mol. The molecule has 17 heavy (non-hydrogen) atoms. The molecule has 0 radical (unpaired) electrons. The van der Waals surface area contributed by atoms with Gasteiger partial charge in [0.25, 0.3) is 0 Å². The molecule has 0 fully saturated rings. The Kier molecular flexibility index (Phi) is 3.29. The van der Waals surface area contributed by atoms with Gasteiger partial charge in [0, 0.05) is 22.7 Å². The third-order valence-electron chi connectivity index (χ3n) is 2.72. The van der Waals surface area contributed by atoms with Gasteiger partial charge < -0.3 is 5.73 Å². The Labute approximate surface area is 106 Å². The van der Waals surface area contributed by atoms with Gasteiger partial charge in [0.2, 0.25) is 0 Å². The lowest BCUT2D eigenvalue weighted by Crippen LogP contribution is -2.05. The van der Waals surface area contributed by atoms with Crippen molar-refractivity contribution < 1.29 is 0 Å². The topological polar surface area (TPSA) is 51.8 Å². The van der Waals surface area contributed by atoms with Crippen molar-refractivity contribution in [1.29, 1.82) is 0 Å². The van der Waals surface area contributed by atoms with Gasteiger partial charge in [-0.1, -0.05) is 23.7 Å². The number of anilines is 1. The van der Waals surface area contributed by atoms with Crippen molar-refractivity contribution in [2.24, 2.45) is 0 Å². The lowest BCUT2D eigenvalue weighted by Gasteiger charge is -2.07. The van der Waals surface area contributed by atoms with Crippen molar-refractivity contribution >= 4 is 17.4 Å². The molecule has 0 aliphatic heterocycles. The van der Waals surface area contributed by atoms with E-state index in [-0.39, 0.29) is 0 Å². The fourth-order valence-electron chi connectivity index (χ4n) is 1.62. The summed E-state index contributed by atoms with van der Waals surface area (Å²) in [6.07, 6.45) is 0.645. The molecule has 1 aromatic heterocycles. The third-order valence-corrected chi connectivity index (χ3v) is 2.96. The molecule has 0 atom stereocenters. The number of aryl methyl sites for hydroxylation is 1. The Morgan fingerprint density at radius 1 is 1.24 bits per heavy atom. The maximum Gasteiger partial charge on any atom is 0.135 e. The highest BCUT2D eigenvalue weighted by Crippen LogP contribution is 2.16. The summed E-state index contributed by atoms with van der Waals surface area (Å²) in [6, 6.07) is 7.68. The van der Waals surface area contributed by atoms with Crippen LogP contribution in [0.3, 0.4) is 0 Å². The average Bonchev–Trinajstić information content (AvgIpc) is 2.26.